The SMILES string of the molecule is Cc1cncn1CC(=O)C1(Cl)CC1. The van der Waals surface area contributed by atoms with Gasteiger partial charge in [-0.25, -0.2) is 4.98 Å². The van der Waals surface area contributed by atoms with Crippen LogP contribution in [0.25, 0.3) is 0 Å². The van der Waals surface area contributed by atoms with Gasteiger partial charge < -0.3 is 4.57 Å². The summed E-state index contributed by atoms with van der Waals surface area (Å²) < 4.78 is 1.82. The smallest absolute Gasteiger partial charge is 0.173 e. The molecule has 0 spiro atoms. The quantitative estimate of drug-likeness (QED) is 0.691. The zero-order valence-electron chi connectivity index (χ0n) is 7.46. The molecule has 4 heteroatoms. The van der Waals surface area contributed by atoms with Crippen LogP contribution in [-0.2, 0) is 11.3 Å². The van der Waals surface area contributed by atoms with E-state index < -0.39 is 4.87 Å². The van der Waals surface area contributed by atoms with Gasteiger partial charge in [-0.3, -0.25) is 4.79 Å². The van der Waals surface area contributed by atoms with Crippen molar-refractivity contribution >= 4 is 17.4 Å². The summed E-state index contributed by atoms with van der Waals surface area (Å²) in [5.74, 6) is 0.107. The lowest BCUT2D eigenvalue weighted by Gasteiger charge is -2.06. The van der Waals surface area contributed by atoms with Crippen LogP contribution in [0.5, 0.6) is 0 Å². The summed E-state index contributed by atoms with van der Waals surface area (Å²) in [4.78, 5) is 15.0. The van der Waals surface area contributed by atoms with E-state index in [1.807, 2.05) is 11.5 Å². The minimum Gasteiger partial charge on any atom is -0.327 e. The zero-order valence-corrected chi connectivity index (χ0v) is 8.21. The van der Waals surface area contributed by atoms with E-state index in [1.54, 1.807) is 12.5 Å². The van der Waals surface area contributed by atoms with E-state index in [4.69, 9.17) is 11.6 Å². The van der Waals surface area contributed by atoms with E-state index in [-0.39, 0.29) is 5.78 Å². The number of Topliss-reactive ketones (excluding diaryl/α,β-unsaturated/α-hetero) is 1. The number of halogens is 1. The predicted molar refractivity (Wildman–Crippen MR) is 49.8 cm³/mol. The highest BCUT2D eigenvalue weighted by Gasteiger charge is 2.47. The van der Waals surface area contributed by atoms with Gasteiger partial charge in [0.2, 0.25) is 0 Å². The summed E-state index contributed by atoms with van der Waals surface area (Å²) in [7, 11) is 0. The topological polar surface area (TPSA) is 34.9 Å². The fourth-order valence-electron chi connectivity index (χ4n) is 1.24. The number of aryl methyl sites for hydroxylation is 1. The van der Waals surface area contributed by atoms with Crippen LogP contribution in [-0.4, -0.2) is 20.2 Å². The maximum absolute atomic E-state index is 11.6. The third-order valence-corrected chi connectivity index (χ3v) is 3.01. The summed E-state index contributed by atoms with van der Waals surface area (Å²) in [6, 6.07) is 0. The van der Waals surface area contributed by atoms with Crippen molar-refractivity contribution in [3.63, 3.8) is 0 Å². The molecule has 1 aliphatic carbocycles. The second-order valence-electron chi connectivity index (χ2n) is 3.55. The third-order valence-electron chi connectivity index (χ3n) is 2.42. The largest absolute Gasteiger partial charge is 0.327 e. The molecule has 70 valence electrons. The second kappa shape index (κ2) is 2.84. The van der Waals surface area contributed by atoms with Crippen molar-refractivity contribution in [1.82, 2.24) is 9.55 Å². The Morgan fingerprint density at radius 1 is 1.77 bits per heavy atom. The summed E-state index contributed by atoms with van der Waals surface area (Å²) in [6.07, 6.45) is 5.04. The number of aromatic nitrogens is 2. The van der Waals surface area contributed by atoms with Crippen molar-refractivity contribution in [2.45, 2.75) is 31.2 Å². The molecule has 1 fully saturated rings. The third kappa shape index (κ3) is 1.61. The maximum Gasteiger partial charge on any atom is 0.173 e. The highest BCUT2D eigenvalue weighted by atomic mass is 35.5. The highest BCUT2D eigenvalue weighted by Crippen LogP contribution is 2.43. The second-order valence-corrected chi connectivity index (χ2v) is 4.27. The molecule has 1 heterocycles. The van der Waals surface area contributed by atoms with Gasteiger partial charge in [0, 0.05) is 11.9 Å². The molecule has 1 aromatic rings. The monoisotopic (exact) mass is 198 g/mol. The van der Waals surface area contributed by atoms with Crippen molar-refractivity contribution in [3.05, 3.63) is 18.2 Å². The van der Waals surface area contributed by atoms with Crippen molar-refractivity contribution in [2.75, 3.05) is 0 Å². The van der Waals surface area contributed by atoms with Crippen LogP contribution >= 0.6 is 11.6 Å². The van der Waals surface area contributed by atoms with Crippen LogP contribution in [0.2, 0.25) is 0 Å². The first kappa shape index (κ1) is 8.75. The number of imidazole rings is 1. The predicted octanol–water partition coefficient (Wildman–Crippen LogP) is 1.53. The number of hydrogen-bond donors (Lipinski definition) is 0. The van der Waals surface area contributed by atoms with Gasteiger partial charge in [-0.05, 0) is 19.8 Å². The zero-order chi connectivity index (χ0) is 9.47. The van der Waals surface area contributed by atoms with E-state index >= 15 is 0 Å². The Kier molecular flexibility index (Phi) is 1.91. The average Bonchev–Trinajstić information content (AvgIpc) is 2.72. The van der Waals surface area contributed by atoms with Crippen molar-refractivity contribution in [1.29, 1.82) is 0 Å². The molecule has 0 atom stereocenters. The van der Waals surface area contributed by atoms with Crippen LogP contribution in [0.15, 0.2) is 12.5 Å². The van der Waals surface area contributed by atoms with E-state index in [1.165, 1.54) is 0 Å². The van der Waals surface area contributed by atoms with Gasteiger partial charge in [0.15, 0.2) is 5.78 Å². The van der Waals surface area contributed by atoms with Crippen LogP contribution in [0.1, 0.15) is 18.5 Å². The first-order valence-corrected chi connectivity index (χ1v) is 4.68. The fourth-order valence-corrected chi connectivity index (χ4v) is 1.39. The van der Waals surface area contributed by atoms with Crippen molar-refractivity contribution < 1.29 is 4.79 Å². The summed E-state index contributed by atoms with van der Waals surface area (Å²) in [5.41, 5.74) is 0.995. The summed E-state index contributed by atoms with van der Waals surface area (Å²) in [5, 5.41) is 0. The number of hydrogen-bond acceptors (Lipinski definition) is 2. The lowest BCUT2D eigenvalue weighted by molar-refractivity contribution is -0.120. The summed E-state index contributed by atoms with van der Waals surface area (Å²) in [6.45, 7) is 2.28. The molecule has 0 radical (unpaired) electrons. The molecule has 2 rings (SSSR count). The first-order valence-electron chi connectivity index (χ1n) is 4.31. The van der Waals surface area contributed by atoms with Crippen LogP contribution in [0.3, 0.4) is 0 Å². The molecule has 0 amide bonds. The van der Waals surface area contributed by atoms with E-state index in [0.29, 0.717) is 6.54 Å². The van der Waals surface area contributed by atoms with Crippen LogP contribution in [0, 0.1) is 6.92 Å². The Hall–Kier alpha value is -0.830. The molecule has 1 saturated carbocycles. The Labute approximate surface area is 81.7 Å². The standard InChI is InChI=1S/C9H11ClN2O/c1-7-4-11-6-12(7)5-8(13)9(10)2-3-9/h4,6H,2-3,5H2,1H3. The van der Waals surface area contributed by atoms with Crippen LogP contribution < -0.4 is 0 Å². The van der Waals surface area contributed by atoms with Crippen molar-refractivity contribution in [3.8, 4) is 0 Å². The van der Waals surface area contributed by atoms with Gasteiger partial charge in [0.1, 0.15) is 4.87 Å². The number of alkyl halides is 1. The minimum atomic E-state index is -0.545. The lowest BCUT2D eigenvalue weighted by Crippen LogP contribution is -2.21. The molecule has 0 N–H and O–H groups in total. The number of rotatable bonds is 3. The molecular weight excluding hydrogens is 188 g/mol. The van der Waals surface area contributed by atoms with E-state index in [2.05, 4.69) is 4.98 Å². The normalized spacial score (nSPS) is 18.6. The molecule has 13 heavy (non-hydrogen) atoms. The van der Waals surface area contributed by atoms with Gasteiger partial charge >= 0.3 is 0 Å². The minimum absolute atomic E-state index is 0.107. The van der Waals surface area contributed by atoms with Gasteiger partial charge in [-0.2, -0.15) is 0 Å². The first-order chi connectivity index (χ1) is 6.12. The van der Waals surface area contributed by atoms with Gasteiger partial charge in [0.25, 0.3) is 0 Å². The van der Waals surface area contributed by atoms with Crippen molar-refractivity contribution in [2.24, 2.45) is 0 Å². The van der Waals surface area contributed by atoms with Crippen LogP contribution in [0.4, 0.5) is 0 Å². The molecule has 0 bridgehead atoms. The average molecular weight is 199 g/mol. The fraction of sp³-hybridized carbons (Fsp3) is 0.556. The molecule has 0 saturated heterocycles. The highest BCUT2D eigenvalue weighted by molar-refractivity contribution is 6.37. The molecule has 1 aromatic heterocycles. The Balaban J connectivity index is 2.06. The van der Waals surface area contributed by atoms with E-state index in [9.17, 15) is 4.79 Å². The molecule has 0 aromatic carbocycles. The van der Waals surface area contributed by atoms with Gasteiger partial charge in [-0.15, -0.1) is 11.6 Å². The Morgan fingerprint density at radius 3 is 2.92 bits per heavy atom. The maximum atomic E-state index is 11.6. The molecule has 1 aliphatic rings. The number of carbonyl (C=O) groups is 1. The molecule has 0 unspecified atom stereocenters. The van der Waals surface area contributed by atoms with Gasteiger partial charge in [-0.1, -0.05) is 0 Å². The summed E-state index contributed by atoms with van der Waals surface area (Å²) >= 11 is 5.98. The Bertz CT molecular complexity index is 341. The number of nitrogens with zero attached hydrogens (tertiary/aromatic N) is 2. The number of ketones is 1. The molecular formula is C9H11ClN2O. The van der Waals surface area contributed by atoms with E-state index in [0.717, 1.165) is 18.5 Å². The Morgan fingerprint density at radius 2 is 2.46 bits per heavy atom. The number of carbonyl (C=O) groups excluding carboxylic acids is 1. The molecule has 3 nitrogen and oxygen atoms in total. The molecule has 0 aliphatic heterocycles. The lowest BCUT2D eigenvalue weighted by atomic mass is 10.2. The van der Waals surface area contributed by atoms with Gasteiger partial charge in [0.05, 0.1) is 12.9 Å².